The van der Waals surface area contributed by atoms with Crippen molar-refractivity contribution in [1.82, 2.24) is 0 Å². The Bertz CT molecular complexity index is 247. The Morgan fingerprint density at radius 2 is 1.30 bits per heavy atom. The van der Waals surface area contributed by atoms with Crippen LogP contribution in [0.5, 0.6) is 0 Å². The third-order valence-corrected chi connectivity index (χ3v) is 2.83. The van der Waals surface area contributed by atoms with E-state index in [4.69, 9.17) is 9.47 Å². The van der Waals surface area contributed by atoms with E-state index in [0.29, 0.717) is 0 Å². The zero-order chi connectivity index (χ0) is 14.9. The Hall–Kier alpha value is -1.18. The van der Waals surface area contributed by atoms with Crippen LogP contribution in [0.25, 0.3) is 0 Å². The highest BCUT2D eigenvalue weighted by Crippen LogP contribution is 2.06. The highest BCUT2D eigenvalue weighted by atomic mass is 16.7. The van der Waals surface area contributed by atoms with E-state index < -0.39 is 0 Å². The van der Waals surface area contributed by atoms with Crippen LogP contribution in [0, 0.1) is 0 Å². The van der Waals surface area contributed by atoms with Gasteiger partial charge in [-0.2, -0.15) is 0 Å². The fourth-order valence-corrected chi connectivity index (χ4v) is 1.58. The molecule has 1 unspecified atom stereocenters. The molecule has 0 heterocycles. The van der Waals surface area contributed by atoms with Gasteiger partial charge in [0.15, 0.2) is 0 Å². The van der Waals surface area contributed by atoms with Crippen molar-refractivity contribution in [3.8, 4) is 0 Å². The van der Waals surface area contributed by atoms with Gasteiger partial charge in [-0.25, -0.2) is 0 Å². The molecule has 0 amide bonds. The average molecular weight is 280 g/mol. The Morgan fingerprint density at radius 1 is 0.750 bits per heavy atom. The van der Waals surface area contributed by atoms with E-state index in [1.165, 1.54) is 25.7 Å². The van der Waals surface area contributed by atoms with Crippen molar-refractivity contribution in [1.29, 1.82) is 0 Å². The fraction of sp³-hybridized carbons (Fsp3) is 0.667. The molecule has 0 aliphatic carbocycles. The van der Waals surface area contributed by atoms with Gasteiger partial charge in [-0.1, -0.05) is 45.8 Å². The summed E-state index contributed by atoms with van der Waals surface area (Å²) >= 11 is 0. The molecule has 0 bridgehead atoms. The number of allylic oxidation sites excluding steroid dienone is 3. The quantitative estimate of drug-likeness (QED) is 0.175. The Kier molecular flexibility index (Phi) is 14.9. The van der Waals surface area contributed by atoms with Gasteiger partial charge in [-0.05, 0) is 44.3 Å². The van der Waals surface area contributed by atoms with Gasteiger partial charge in [0.25, 0.3) is 0 Å². The number of hydrogen-bond donors (Lipinski definition) is 0. The molecule has 0 saturated heterocycles. The summed E-state index contributed by atoms with van der Waals surface area (Å²) in [4.78, 5) is 0. The molecular formula is C18H32O2. The molecule has 0 aromatic rings. The lowest BCUT2D eigenvalue weighted by Gasteiger charge is -2.14. The standard InChI is InChI=1S/C18H32O2/c1-4-7-10-13-16-19-18(15-12-9-6-3)20-17-14-11-8-5-2/h9,12-14,16-18H,4-8,10-11,15H2,1-3H3/b12-9-,16-13-,17-14?. The first-order valence-electron chi connectivity index (χ1n) is 8.11. The molecule has 0 rings (SSSR count). The minimum atomic E-state index is -0.214. The lowest BCUT2D eigenvalue weighted by molar-refractivity contribution is -0.0583. The highest BCUT2D eigenvalue weighted by Gasteiger charge is 2.03. The SMILES string of the molecule is CC/C=C\CC(OC=CCCCC)O/C=C\CCCC. The van der Waals surface area contributed by atoms with E-state index in [1.54, 1.807) is 12.5 Å². The second-order valence-electron chi connectivity index (χ2n) is 4.85. The Balaban J connectivity index is 4.02. The summed E-state index contributed by atoms with van der Waals surface area (Å²) in [5, 5.41) is 0. The van der Waals surface area contributed by atoms with Gasteiger partial charge in [-0.15, -0.1) is 0 Å². The monoisotopic (exact) mass is 280 g/mol. The molecule has 116 valence electrons. The summed E-state index contributed by atoms with van der Waals surface area (Å²) in [5.74, 6) is 0. The summed E-state index contributed by atoms with van der Waals surface area (Å²) in [7, 11) is 0. The molecule has 20 heavy (non-hydrogen) atoms. The van der Waals surface area contributed by atoms with Crippen LogP contribution >= 0.6 is 0 Å². The van der Waals surface area contributed by atoms with Crippen molar-refractivity contribution in [3.05, 3.63) is 36.8 Å². The average Bonchev–Trinajstić information content (AvgIpc) is 2.46. The third-order valence-electron chi connectivity index (χ3n) is 2.83. The van der Waals surface area contributed by atoms with Crippen molar-refractivity contribution in [2.45, 2.75) is 78.4 Å². The number of rotatable bonds is 13. The van der Waals surface area contributed by atoms with Gasteiger partial charge in [0.1, 0.15) is 0 Å². The number of hydrogen-bond acceptors (Lipinski definition) is 2. The van der Waals surface area contributed by atoms with Crippen LogP contribution in [0.1, 0.15) is 72.1 Å². The maximum Gasteiger partial charge on any atom is 0.242 e. The van der Waals surface area contributed by atoms with E-state index in [1.807, 2.05) is 0 Å². The zero-order valence-electron chi connectivity index (χ0n) is 13.5. The summed E-state index contributed by atoms with van der Waals surface area (Å²) < 4.78 is 11.3. The van der Waals surface area contributed by atoms with Crippen LogP contribution in [0.15, 0.2) is 36.8 Å². The molecule has 2 heteroatoms. The van der Waals surface area contributed by atoms with Gasteiger partial charge in [0, 0.05) is 6.42 Å². The van der Waals surface area contributed by atoms with Crippen molar-refractivity contribution < 1.29 is 9.47 Å². The van der Waals surface area contributed by atoms with Crippen molar-refractivity contribution in [2.24, 2.45) is 0 Å². The summed E-state index contributed by atoms with van der Waals surface area (Å²) in [6.45, 7) is 6.51. The van der Waals surface area contributed by atoms with Crippen LogP contribution in [-0.2, 0) is 9.47 Å². The lowest BCUT2D eigenvalue weighted by atomic mass is 10.2. The smallest absolute Gasteiger partial charge is 0.242 e. The highest BCUT2D eigenvalue weighted by molar-refractivity contribution is 4.84. The third kappa shape index (κ3) is 13.3. The van der Waals surface area contributed by atoms with Crippen LogP contribution < -0.4 is 0 Å². The maximum absolute atomic E-state index is 5.64. The molecule has 0 aliphatic rings. The van der Waals surface area contributed by atoms with Crippen molar-refractivity contribution in [2.75, 3.05) is 0 Å². The lowest BCUT2D eigenvalue weighted by Crippen LogP contribution is -2.10. The number of unbranched alkanes of at least 4 members (excludes halogenated alkanes) is 4. The Labute approximate surface area is 125 Å². The first kappa shape index (κ1) is 18.8. The number of ether oxygens (including phenoxy) is 2. The molecular weight excluding hydrogens is 248 g/mol. The van der Waals surface area contributed by atoms with Crippen molar-refractivity contribution in [3.63, 3.8) is 0 Å². The van der Waals surface area contributed by atoms with E-state index >= 15 is 0 Å². The minimum absolute atomic E-state index is 0.214. The topological polar surface area (TPSA) is 18.5 Å². The molecule has 0 saturated carbocycles. The predicted octanol–water partition coefficient (Wildman–Crippen LogP) is 6.11. The molecule has 0 N–H and O–H groups in total. The van der Waals surface area contributed by atoms with E-state index in [-0.39, 0.29) is 6.29 Å². The summed E-state index contributed by atoms with van der Waals surface area (Å²) in [6.07, 6.45) is 20.5. The van der Waals surface area contributed by atoms with Crippen LogP contribution in [-0.4, -0.2) is 6.29 Å². The molecule has 2 nitrogen and oxygen atoms in total. The summed E-state index contributed by atoms with van der Waals surface area (Å²) in [6, 6.07) is 0. The molecule has 0 fully saturated rings. The molecule has 0 aromatic carbocycles. The molecule has 0 aliphatic heterocycles. The van der Waals surface area contributed by atoms with Gasteiger partial charge in [0.2, 0.25) is 6.29 Å². The minimum Gasteiger partial charge on any atom is -0.463 e. The molecule has 1 atom stereocenters. The van der Waals surface area contributed by atoms with Gasteiger partial charge >= 0.3 is 0 Å². The predicted molar refractivity (Wildman–Crippen MR) is 87.3 cm³/mol. The van der Waals surface area contributed by atoms with E-state index in [0.717, 1.165) is 25.7 Å². The van der Waals surface area contributed by atoms with Crippen LogP contribution in [0.2, 0.25) is 0 Å². The molecule has 0 spiro atoms. The van der Waals surface area contributed by atoms with E-state index in [2.05, 4.69) is 45.1 Å². The normalized spacial score (nSPS) is 13.6. The fourth-order valence-electron chi connectivity index (χ4n) is 1.58. The molecule has 0 radical (unpaired) electrons. The first-order valence-corrected chi connectivity index (χ1v) is 8.11. The first-order chi connectivity index (χ1) is 9.85. The second-order valence-corrected chi connectivity index (χ2v) is 4.85. The van der Waals surface area contributed by atoms with Gasteiger partial charge in [0.05, 0.1) is 12.5 Å². The zero-order valence-corrected chi connectivity index (χ0v) is 13.5. The largest absolute Gasteiger partial charge is 0.463 e. The van der Waals surface area contributed by atoms with Gasteiger partial charge < -0.3 is 9.47 Å². The molecule has 0 aromatic heterocycles. The maximum atomic E-state index is 5.64. The van der Waals surface area contributed by atoms with Crippen LogP contribution in [0.4, 0.5) is 0 Å². The van der Waals surface area contributed by atoms with Gasteiger partial charge in [-0.3, -0.25) is 0 Å². The van der Waals surface area contributed by atoms with Crippen molar-refractivity contribution >= 4 is 0 Å². The Morgan fingerprint density at radius 3 is 1.75 bits per heavy atom. The second kappa shape index (κ2) is 15.9. The van der Waals surface area contributed by atoms with E-state index in [9.17, 15) is 0 Å². The summed E-state index contributed by atoms with van der Waals surface area (Å²) in [5.41, 5.74) is 0. The van der Waals surface area contributed by atoms with Crippen LogP contribution in [0.3, 0.4) is 0 Å².